The van der Waals surface area contributed by atoms with Gasteiger partial charge in [0.25, 0.3) is 0 Å². The summed E-state index contributed by atoms with van der Waals surface area (Å²) in [5, 5.41) is 18.3. The van der Waals surface area contributed by atoms with E-state index in [4.69, 9.17) is 14.6 Å². The lowest BCUT2D eigenvalue weighted by molar-refractivity contribution is -0.131. The van der Waals surface area contributed by atoms with Crippen molar-refractivity contribution < 1.29 is 34.1 Å². The molecule has 8 heteroatoms. The molecule has 0 radical (unpaired) electrons. The Hall–Kier alpha value is -3.81. The van der Waals surface area contributed by atoms with Gasteiger partial charge in [-0.05, 0) is 41.0 Å². The second kappa shape index (κ2) is 6.73. The molecule has 8 nitrogen and oxygen atoms in total. The molecular formula is C20H15NO7. The number of hydrogen-bond acceptors (Lipinski definition) is 5. The monoisotopic (exact) mass is 381 g/mol. The number of ether oxygens (including phenoxy) is 2. The molecule has 4 rings (SSSR count). The van der Waals surface area contributed by atoms with Crippen LogP contribution in [0.2, 0.25) is 0 Å². The first-order valence-corrected chi connectivity index (χ1v) is 8.43. The summed E-state index contributed by atoms with van der Waals surface area (Å²) in [6.07, 6.45) is 2.65. The van der Waals surface area contributed by atoms with E-state index in [0.29, 0.717) is 22.6 Å². The normalized spacial score (nSPS) is 14.6. The number of anilines is 1. The molecule has 28 heavy (non-hydrogen) atoms. The van der Waals surface area contributed by atoms with E-state index in [0.717, 1.165) is 11.6 Å². The topological polar surface area (TPSA) is 113 Å². The summed E-state index contributed by atoms with van der Waals surface area (Å²) in [6.45, 7) is 0.0333. The maximum absolute atomic E-state index is 12.5. The molecule has 0 fully saturated rings. The Bertz CT molecular complexity index is 1040. The largest absolute Gasteiger partial charge is 0.478 e. The van der Waals surface area contributed by atoms with Gasteiger partial charge in [-0.2, -0.15) is 0 Å². The van der Waals surface area contributed by atoms with E-state index in [1.807, 2.05) is 0 Å². The third-order valence-corrected chi connectivity index (χ3v) is 4.62. The number of nitrogens with zero attached hydrogens (tertiary/aromatic N) is 1. The molecule has 0 saturated carbocycles. The van der Waals surface area contributed by atoms with Crippen molar-refractivity contribution in [3.63, 3.8) is 0 Å². The van der Waals surface area contributed by atoms with Crippen LogP contribution < -0.4 is 14.4 Å². The van der Waals surface area contributed by atoms with Crippen LogP contribution in [-0.2, 0) is 22.6 Å². The highest BCUT2D eigenvalue weighted by molar-refractivity contribution is 6.02. The number of aromatic carboxylic acids is 1. The van der Waals surface area contributed by atoms with Gasteiger partial charge in [-0.1, -0.05) is 12.1 Å². The number of fused-ring (bicyclic) bond motifs is 2. The highest BCUT2D eigenvalue weighted by Crippen LogP contribution is 2.39. The quantitative estimate of drug-likeness (QED) is 0.764. The summed E-state index contributed by atoms with van der Waals surface area (Å²) in [7, 11) is 0. The fourth-order valence-electron chi connectivity index (χ4n) is 3.40. The molecule has 0 bridgehead atoms. The maximum Gasteiger partial charge on any atom is 0.339 e. The predicted molar refractivity (Wildman–Crippen MR) is 97.5 cm³/mol. The smallest absolute Gasteiger partial charge is 0.339 e. The van der Waals surface area contributed by atoms with Gasteiger partial charge in [-0.3, -0.25) is 4.79 Å². The predicted octanol–water partition coefficient (Wildman–Crippen LogP) is 2.30. The number of carbonyl (C=O) groups excluding carboxylic acids is 1. The van der Waals surface area contributed by atoms with Crippen LogP contribution in [0.25, 0.3) is 6.08 Å². The highest BCUT2D eigenvalue weighted by atomic mass is 16.7. The van der Waals surface area contributed by atoms with E-state index in [2.05, 4.69) is 0 Å². The number of carboxylic acid groups (broad SMARTS) is 2. The molecular weight excluding hydrogens is 366 g/mol. The van der Waals surface area contributed by atoms with E-state index < -0.39 is 11.9 Å². The second-order valence-electron chi connectivity index (χ2n) is 6.36. The molecule has 2 aliphatic rings. The van der Waals surface area contributed by atoms with Gasteiger partial charge in [-0.15, -0.1) is 0 Å². The number of benzene rings is 2. The number of hydrogen-bond donors (Lipinski definition) is 2. The Morgan fingerprint density at radius 1 is 1.14 bits per heavy atom. The molecule has 2 aromatic rings. The lowest BCUT2D eigenvalue weighted by Crippen LogP contribution is -2.27. The Morgan fingerprint density at radius 2 is 1.96 bits per heavy atom. The van der Waals surface area contributed by atoms with E-state index in [1.54, 1.807) is 30.3 Å². The molecule has 0 unspecified atom stereocenters. The molecule has 0 aliphatic carbocycles. The maximum atomic E-state index is 12.5. The van der Waals surface area contributed by atoms with Crippen molar-refractivity contribution in [3.8, 4) is 11.5 Å². The first kappa shape index (κ1) is 17.6. The molecule has 0 atom stereocenters. The number of rotatable bonds is 5. The Balaban J connectivity index is 1.67. The van der Waals surface area contributed by atoms with Crippen molar-refractivity contribution in [2.75, 3.05) is 11.7 Å². The third-order valence-electron chi connectivity index (χ3n) is 4.62. The van der Waals surface area contributed by atoms with Crippen LogP contribution in [0.1, 0.15) is 27.0 Å². The zero-order valence-corrected chi connectivity index (χ0v) is 14.5. The minimum Gasteiger partial charge on any atom is -0.478 e. The fourth-order valence-corrected chi connectivity index (χ4v) is 3.40. The van der Waals surface area contributed by atoms with E-state index >= 15 is 0 Å². The molecule has 2 N–H and O–H groups in total. The zero-order chi connectivity index (χ0) is 19.8. The standard InChI is InChI=1S/C20H15NO7/c22-16-8-13-7-11(2-6-17(23)24)1-4-14(13)21(16)9-12-3-5-15-19(28-10-27-15)18(12)20(25)26/h1-7H,8-10H2,(H,23,24)(H,25,26)/b6-2+. The SMILES string of the molecule is O=C(O)/C=C/c1ccc2c(c1)CC(=O)N2Cc1ccc2c(c1C(=O)O)OCO2. The average Bonchev–Trinajstić information content (AvgIpc) is 3.23. The van der Waals surface area contributed by atoms with Crippen molar-refractivity contribution in [2.45, 2.75) is 13.0 Å². The summed E-state index contributed by atoms with van der Waals surface area (Å²) < 4.78 is 10.5. The second-order valence-corrected chi connectivity index (χ2v) is 6.36. The van der Waals surface area contributed by atoms with Gasteiger partial charge >= 0.3 is 11.9 Å². The minimum absolute atomic E-state index is 0.0164. The molecule has 2 heterocycles. The molecule has 0 aromatic heterocycles. The van der Waals surface area contributed by atoms with Crippen LogP contribution in [-0.4, -0.2) is 34.9 Å². The van der Waals surface area contributed by atoms with Crippen LogP contribution >= 0.6 is 0 Å². The minimum atomic E-state index is -1.15. The number of carbonyl (C=O) groups is 3. The average molecular weight is 381 g/mol. The van der Waals surface area contributed by atoms with Crippen molar-refractivity contribution in [1.29, 1.82) is 0 Å². The summed E-state index contributed by atoms with van der Waals surface area (Å²) in [5.41, 5.74) is 2.52. The van der Waals surface area contributed by atoms with Gasteiger partial charge in [0, 0.05) is 11.8 Å². The van der Waals surface area contributed by atoms with Gasteiger partial charge < -0.3 is 24.6 Å². The van der Waals surface area contributed by atoms with Gasteiger partial charge in [0.2, 0.25) is 12.7 Å². The van der Waals surface area contributed by atoms with Crippen molar-refractivity contribution >= 4 is 29.6 Å². The molecule has 0 spiro atoms. The lowest BCUT2D eigenvalue weighted by Gasteiger charge is -2.19. The first-order valence-electron chi connectivity index (χ1n) is 8.43. The van der Waals surface area contributed by atoms with Crippen molar-refractivity contribution in [3.05, 3.63) is 58.7 Å². The Morgan fingerprint density at radius 3 is 2.71 bits per heavy atom. The van der Waals surface area contributed by atoms with Crippen LogP contribution in [0.15, 0.2) is 36.4 Å². The van der Waals surface area contributed by atoms with Gasteiger partial charge in [-0.25, -0.2) is 9.59 Å². The Labute approximate surface area is 159 Å². The molecule has 2 aromatic carbocycles. The fraction of sp³-hybridized carbons (Fsp3) is 0.150. The van der Waals surface area contributed by atoms with Gasteiger partial charge in [0.05, 0.1) is 13.0 Å². The first-order chi connectivity index (χ1) is 13.4. The van der Waals surface area contributed by atoms with Crippen LogP contribution in [0.4, 0.5) is 5.69 Å². The third kappa shape index (κ3) is 3.05. The van der Waals surface area contributed by atoms with Crippen LogP contribution in [0.3, 0.4) is 0 Å². The molecule has 142 valence electrons. The summed E-state index contributed by atoms with van der Waals surface area (Å²) in [5.74, 6) is -1.83. The van der Waals surface area contributed by atoms with E-state index in [-0.39, 0.29) is 37.0 Å². The molecule has 1 amide bonds. The summed E-state index contributed by atoms with van der Waals surface area (Å²) >= 11 is 0. The number of aliphatic carboxylic acids is 1. The van der Waals surface area contributed by atoms with Crippen LogP contribution in [0.5, 0.6) is 11.5 Å². The number of amides is 1. The summed E-state index contributed by atoms with van der Waals surface area (Å²) in [6, 6.07) is 8.44. The Kier molecular flexibility index (Phi) is 4.23. The highest BCUT2D eigenvalue weighted by Gasteiger charge is 2.31. The molecule has 2 aliphatic heterocycles. The lowest BCUT2D eigenvalue weighted by atomic mass is 10.0. The van der Waals surface area contributed by atoms with Crippen molar-refractivity contribution in [1.82, 2.24) is 0 Å². The van der Waals surface area contributed by atoms with Crippen LogP contribution in [0, 0.1) is 0 Å². The number of carboxylic acids is 2. The summed E-state index contributed by atoms with van der Waals surface area (Å²) in [4.78, 5) is 36.5. The van der Waals surface area contributed by atoms with Gasteiger partial charge in [0.1, 0.15) is 5.56 Å². The molecule has 0 saturated heterocycles. The van der Waals surface area contributed by atoms with Crippen molar-refractivity contribution in [2.24, 2.45) is 0 Å². The van der Waals surface area contributed by atoms with E-state index in [1.165, 1.54) is 11.0 Å². The van der Waals surface area contributed by atoms with E-state index in [9.17, 15) is 19.5 Å². The van der Waals surface area contributed by atoms with Gasteiger partial charge in [0.15, 0.2) is 11.5 Å². The zero-order valence-electron chi connectivity index (χ0n) is 14.5.